The molecule has 0 radical (unpaired) electrons. The Morgan fingerprint density at radius 3 is 2.82 bits per heavy atom. The molecule has 1 N–H and O–H groups in total. The molecule has 1 aromatic carbocycles. The van der Waals surface area contributed by atoms with Crippen molar-refractivity contribution in [3.8, 4) is 6.07 Å². The Bertz CT molecular complexity index is 957. The van der Waals surface area contributed by atoms with E-state index in [0.717, 1.165) is 59.8 Å². The molecular weight excluding hydrogens is 350 g/mol. The summed E-state index contributed by atoms with van der Waals surface area (Å²) in [7, 11) is 0. The van der Waals surface area contributed by atoms with Crippen LogP contribution in [0.1, 0.15) is 40.9 Å². The molecule has 3 rings (SSSR count). The lowest BCUT2D eigenvalue weighted by molar-refractivity contribution is -0.112. The van der Waals surface area contributed by atoms with Crippen LogP contribution in [0.3, 0.4) is 0 Å². The van der Waals surface area contributed by atoms with Crippen molar-refractivity contribution < 1.29 is 9.53 Å². The average molecular weight is 377 g/mol. The van der Waals surface area contributed by atoms with Crippen LogP contribution < -0.4 is 5.32 Å². The Balaban J connectivity index is 1.83. The minimum Gasteiger partial charge on any atom is -0.376 e. The summed E-state index contributed by atoms with van der Waals surface area (Å²) in [6.07, 6.45) is 4.09. The van der Waals surface area contributed by atoms with E-state index < -0.39 is 0 Å². The molecule has 28 heavy (non-hydrogen) atoms. The summed E-state index contributed by atoms with van der Waals surface area (Å²) in [5.74, 6) is -0.389. The van der Waals surface area contributed by atoms with Gasteiger partial charge in [0.05, 0.1) is 6.10 Å². The molecule has 1 amide bonds. The van der Waals surface area contributed by atoms with Crippen LogP contribution in [0.2, 0.25) is 0 Å². The zero-order valence-corrected chi connectivity index (χ0v) is 17.0. The van der Waals surface area contributed by atoms with E-state index in [1.165, 1.54) is 0 Å². The van der Waals surface area contributed by atoms with Gasteiger partial charge in [0, 0.05) is 30.2 Å². The van der Waals surface area contributed by atoms with E-state index in [2.05, 4.69) is 9.88 Å². The second-order valence-electron chi connectivity index (χ2n) is 7.44. The first-order valence-electron chi connectivity index (χ1n) is 9.68. The Morgan fingerprint density at radius 1 is 1.36 bits per heavy atom. The van der Waals surface area contributed by atoms with Crippen molar-refractivity contribution in [1.29, 1.82) is 5.26 Å². The van der Waals surface area contributed by atoms with Crippen LogP contribution in [-0.4, -0.2) is 23.2 Å². The Kier molecular flexibility index (Phi) is 6.01. The van der Waals surface area contributed by atoms with Gasteiger partial charge in [-0.25, -0.2) is 0 Å². The predicted octanol–water partition coefficient (Wildman–Crippen LogP) is 4.45. The molecule has 1 aliphatic heterocycles. The molecule has 0 aliphatic carbocycles. The average Bonchev–Trinajstić information content (AvgIpc) is 3.27. The molecule has 2 heterocycles. The fourth-order valence-corrected chi connectivity index (χ4v) is 3.63. The highest BCUT2D eigenvalue weighted by Crippen LogP contribution is 2.23. The van der Waals surface area contributed by atoms with Crippen molar-refractivity contribution >= 4 is 17.7 Å². The van der Waals surface area contributed by atoms with Gasteiger partial charge in [0.1, 0.15) is 11.6 Å². The number of carbonyl (C=O) groups excluding carboxylic acids is 1. The molecular formula is C23H27N3O2. The van der Waals surface area contributed by atoms with Crippen LogP contribution in [0, 0.1) is 39.0 Å². The minimum absolute atomic E-state index is 0.0956. The second-order valence-corrected chi connectivity index (χ2v) is 7.44. The molecule has 1 atom stereocenters. The Morgan fingerprint density at radius 2 is 2.14 bits per heavy atom. The summed E-state index contributed by atoms with van der Waals surface area (Å²) in [4.78, 5) is 12.7. The van der Waals surface area contributed by atoms with Gasteiger partial charge >= 0.3 is 0 Å². The summed E-state index contributed by atoms with van der Waals surface area (Å²) < 4.78 is 7.96. The number of nitrogens with zero attached hydrogens (tertiary/aromatic N) is 2. The van der Waals surface area contributed by atoms with Crippen LogP contribution in [0.5, 0.6) is 0 Å². The molecule has 0 spiro atoms. The van der Waals surface area contributed by atoms with Gasteiger partial charge in [-0.15, -0.1) is 0 Å². The third-order valence-corrected chi connectivity index (χ3v) is 5.54. The zero-order chi connectivity index (χ0) is 20.3. The minimum atomic E-state index is -0.389. The van der Waals surface area contributed by atoms with Crippen LogP contribution in [-0.2, 0) is 16.1 Å². The van der Waals surface area contributed by atoms with Crippen LogP contribution >= 0.6 is 0 Å². The summed E-state index contributed by atoms with van der Waals surface area (Å²) in [6, 6.07) is 9.81. The van der Waals surface area contributed by atoms with Gasteiger partial charge in [0.25, 0.3) is 5.91 Å². The van der Waals surface area contributed by atoms with Gasteiger partial charge in [0.15, 0.2) is 0 Å². The molecule has 5 heteroatoms. The number of carbonyl (C=O) groups is 1. The SMILES string of the molecule is Cc1cccc(NC(=O)/C(C#N)=C/c2cc(C)n(C[C@@H]3CCCO3)c2C)c1C. The number of rotatable bonds is 5. The standard InChI is InChI=1S/C23H27N3O2/c1-15-7-5-9-22(17(15)3)25-23(27)20(13-24)12-19-11-16(2)26(18(19)4)14-21-8-6-10-28-21/h5,7,9,11-12,21H,6,8,10,14H2,1-4H3,(H,25,27)/b20-12+/t21-/m0/s1. The molecule has 1 saturated heterocycles. The number of benzene rings is 1. The molecule has 146 valence electrons. The van der Waals surface area contributed by atoms with E-state index in [9.17, 15) is 10.1 Å². The van der Waals surface area contributed by atoms with Gasteiger partial charge in [-0.05, 0) is 75.4 Å². The molecule has 0 saturated carbocycles. The maximum atomic E-state index is 12.7. The van der Waals surface area contributed by atoms with Gasteiger partial charge < -0.3 is 14.6 Å². The monoisotopic (exact) mass is 377 g/mol. The normalized spacial score (nSPS) is 16.8. The van der Waals surface area contributed by atoms with Crippen molar-refractivity contribution in [2.75, 3.05) is 11.9 Å². The highest BCUT2D eigenvalue weighted by molar-refractivity contribution is 6.10. The smallest absolute Gasteiger partial charge is 0.266 e. The van der Waals surface area contributed by atoms with E-state index >= 15 is 0 Å². The summed E-state index contributed by atoms with van der Waals surface area (Å²) in [6.45, 7) is 9.65. The van der Waals surface area contributed by atoms with Crippen molar-refractivity contribution in [3.63, 3.8) is 0 Å². The van der Waals surface area contributed by atoms with Gasteiger partial charge in [0.2, 0.25) is 0 Å². The number of nitriles is 1. The van der Waals surface area contributed by atoms with Crippen LogP contribution in [0.15, 0.2) is 29.8 Å². The molecule has 1 aromatic heterocycles. The largest absolute Gasteiger partial charge is 0.376 e. The lowest BCUT2D eigenvalue weighted by atomic mass is 10.1. The van der Waals surface area contributed by atoms with Gasteiger partial charge in [-0.3, -0.25) is 4.79 Å². The first-order valence-corrected chi connectivity index (χ1v) is 9.68. The first-order chi connectivity index (χ1) is 13.4. The first kappa shape index (κ1) is 19.9. The fourth-order valence-electron chi connectivity index (χ4n) is 3.63. The number of ether oxygens (including phenoxy) is 1. The number of amides is 1. The summed E-state index contributed by atoms with van der Waals surface area (Å²) in [5, 5.41) is 12.4. The summed E-state index contributed by atoms with van der Waals surface area (Å²) >= 11 is 0. The molecule has 0 unspecified atom stereocenters. The van der Waals surface area contributed by atoms with E-state index in [-0.39, 0.29) is 17.6 Å². The second kappa shape index (κ2) is 8.45. The number of nitrogens with one attached hydrogen (secondary N) is 1. The number of anilines is 1. The highest BCUT2D eigenvalue weighted by atomic mass is 16.5. The van der Waals surface area contributed by atoms with Crippen molar-refractivity contribution in [2.45, 2.75) is 53.2 Å². The third-order valence-electron chi connectivity index (χ3n) is 5.54. The number of aromatic nitrogens is 1. The zero-order valence-electron chi connectivity index (χ0n) is 17.0. The molecule has 5 nitrogen and oxygen atoms in total. The fraction of sp³-hybridized carbons (Fsp3) is 0.391. The lowest BCUT2D eigenvalue weighted by Crippen LogP contribution is -2.17. The van der Waals surface area contributed by atoms with E-state index in [0.29, 0.717) is 0 Å². The van der Waals surface area contributed by atoms with Gasteiger partial charge in [-0.2, -0.15) is 5.26 Å². The maximum absolute atomic E-state index is 12.7. The predicted molar refractivity (Wildman–Crippen MR) is 111 cm³/mol. The van der Waals surface area contributed by atoms with Crippen molar-refractivity contribution in [2.24, 2.45) is 0 Å². The van der Waals surface area contributed by atoms with E-state index in [1.807, 2.05) is 58.0 Å². The van der Waals surface area contributed by atoms with Crippen LogP contribution in [0.4, 0.5) is 5.69 Å². The van der Waals surface area contributed by atoms with Crippen LogP contribution in [0.25, 0.3) is 6.08 Å². The quantitative estimate of drug-likeness (QED) is 0.618. The Hall–Kier alpha value is -2.84. The highest BCUT2D eigenvalue weighted by Gasteiger charge is 2.19. The summed E-state index contributed by atoms with van der Waals surface area (Å²) in [5.41, 5.74) is 5.96. The molecule has 2 aromatic rings. The number of hydrogen-bond acceptors (Lipinski definition) is 3. The van der Waals surface area contributed by atoms with E-state index in [1.54, 1.807) is 6.08 Å². The van der Waals surface area contributed by atoms with Gasteiger partial charge in [-0.1, -0.05) is 12.1 Å². The Labute approximate surface area is 166 Å². The number of hydrogen-bond donors (Lipinski definition) is 1. The molecule has 1 fully saturated rings. The van der Waals surface area contributed by atoms with Crippen molar-refractivity contribution in [3.05, 3.63) is 57.9 Å². The molecule has 1 aliphatic rings. The third kappa shape index (κ3) is 4.18. The molecule has 0 bridgehead atoms. The van der Waals surface area contributed by atoms with Crippen molar-refractivity contribution in [1.82, 2.24) is 4.57 Å². The topological polar surface area (TPSA) is 67.0 Å². The van der Waals surface area contributed by atoms with E-state index in [4.69, 9.17) is 4.74 Å². The maximum Gasteiger partial charge on any atom is 0.266 e. The lowest BCUT2D eigenvalue weighted by Gasteiger charge is -2.14. The number of aryl methyl sites for hydroxylation is 2.